The maximum Gasteiger partial charge on any atom is 0.188 e. The van der Waals surface area contributed by atoms with Crippen LogP contribution in [0.25, 0.3) is 0 Å². The molecule has 0 saturated carbocycles. The van der Waals surface area contributed by atoms with Gasteiger partial charge >= 0.3 is 0 Å². The fraction of sp³-hybridized carbons (Fsp3) is 0.714. The molecule has 72 valence electrons. The summed E-state index contributed by atoms with van der Waals surface area (Å²) < 4.78 is 4.59. The Hall–Kier alpha value is -0.0000000000000000555. The van der Waals surface area contributed by atoms with Crippen molar-refractivity contribution in [1.82, 2.24) is 0 Å². The molecule has 0 N–H and O–H groups in total. The molecule has 0 rings (SSSR count). The molecule has 12 heavy (non-hydrogen) atoms. The van der Waals surface area contributed by atoms with Crippen LogP contribution in [0.2, 0.25) is 0 Å². The third kappa shape index (κ3) is 22.5. The van der Waals surface area contributed by atoms with Crippen molar-refractivity contribution in [3.8, 4) is 0 Å². The highest BCUT2D eigenvalue weighted by atomic mass is 32.2. The van der Waals surface area contributed by atoms with Gasteiger partial charge in [-0.1, -0.05) is 23.5 Å². The second kappa shape index (κ2) is 11.0. The van der Waals surface area contributed by atoms with Gasteiger partial charge in [-0.15, -0.1) is 0 Å². The average Bonchev–Trinajstić information content (AvgIpc) is 2.02. The summed E-state index contributed by atoms with van der Waals surface area (Å²) in [4.78, 5) is 19.9. The van der Waals surface area contributed by atoms with Crippen molar-refractivity contribution < 1.29 is 14.3 Å². The minimum Gasteiger partial charge on any atom is -0.374 e. The van der Waals surface area contributed by atoms with E-state index in [2.05, 4.69) is 4.74 Å². The third-order valence-electron chi connectivity index (χ3n) is 0.667. The molecule has 0 atom stereocenters. The highest BCUT2D eigenvalue weighted by Gasteiger charge is 1.88. The molecule has 0 radical (unpaired) electrons. The number of hydrogen-bond donors (Lipinski definition) is 0. The summed E-state index contributed by atoms with van der Waals surface area (Å²) in [5, 5.41) is 0.270. The molecule has 0 aromatic rings. The Morgan fingerprint density at radius 1 is 1.25 bits per heavy atom. The van der Waals surface area contributed by atoms with Crippen LogP contribution in [0.15, 0.2) is 0 Å². The minimum absolute atomic E-state index is 0.0989. The average molecular weight is 210 g/mol. The normalized spacial score (nSPS) is 8.33. The molecule has 0 fully saturated rings. The summed E-state index contributed by atoms with van der Waals surface area (Å²) in [6.45, 7) is 3.06. The van der Waals surface area contributed by atoms with Crippen LogP contribution < -0.4 is 0 Å². The lowest BCUT2D eigenvalue weighted by atomic mass is 10.9. The van der Waals surface area contributed by atoms with Gasteiger partial charge in [0.1, 0.15) is 0 Å². The lowest BCUT2D eigenvalue weighted by molar-refractivity contribution is -0.110. The van der Waals surface area contributed by atoms with Gasteiger partial charge in [-0.3, -0.25) is 9.59 Å². The van der Waals surface area contributed by atoms with E-state index in [4.69, 9.17) is 0 Å². The molecule has 0 aliphatic carbocycles. The summed E-state index contributed by atoms with van der Waals surface area (Å²) in [6.07, 6.45) is 1.77. The second-order valence-electron chi connectivity index (χ2n) is 1.74. The van der Waals surface area contributed by atoms with Gasteiger partial charge in [0.25, 0.3) is 0 Å². The van der Waals surface area contributed by atoms with Crippen LogP contribution in [0.5, 0.6) is 0 Å². The smallest absolute Gasteiger partial charge is 0.188 e. The van der Waals surface area contributed by atoms with Gasteiger partial charge in [-0.25, -0.2) is 0 Å². The zero-order chi connectivity index (χ0) is 9.98. The summed E-state index contributed by atoms with van der Waals surface area (Å²) in [7, 11) is 1.57. The van der Waals surface area contributed by atoms with Crippen molar-refractivity contribution >= 4 is 33.8 Å². The molecular formula is C7H14O3S2. The Labute approximate surface area is 81.6 Å². The fourth-order valence-corrected chi connectivity index (χ4v) is 0.426. The van der Waals surface area contributed by atoms with Crippen LogP contribution in [-0.2, 0) is 14.3 Å². The largest absolute Gasteiger partial charge is 0.374 e. The number of carbonyl (C=O) groups is 2. The first-order valence-corrected chi connectivity index (χ1v) is 5.42. The van der Waals surface area contributed by atoms with Crippen molar-refractivity contribution in [2.24, 2.45) is 0 Å². The van der Waals surface area contributed by atoms with Gasteiger partial charge < -0.3 is 4.74 Å². The molecule has 0 unspecified atom stereocenters. The second-order valence-corrected chi connectivity index (χ2v) is 3.82. The number of thioether (sulfide) groups is 2. The maximum absolute atomic E-state index is 10.1. The minimum atomic E-state index is 0.0989. The lowest BCUT2D eigenvalue weighted by Gasteiger charge is -1.89. The summed E-state index contributed by atoms with van der Waals surface area (Å²) in [5.41, 5.74) is 0. The highest BCUT2D eigenvalue weighted by molar-refractivity contribution is 8.13. The molecule has 0 spiro atoms. The molecule has 5 heteroatoms. The van der Waals surface area contributed by atoms with E-state index < -0.39 is 0 Å². The van der Waals surface area contributed by atoms with Crippen LogP contribution >= 0.6 is 23.5 Å². The predicted octanol–water partition coefficient (Wildman–Crippen LogP) is 1.77. The number of rotatable bonds is 2. The van der Waals surface area contributed by atoms with E-state index in [0.717, 1.165) is 0 Å². The number of carbonyl (C=O) groups excluding carboxylic acids is 2. The Kier molecular flexibility index (Phi) is 13.3. The molecule has 0 heterocycles. The third-order valence-corrected chi connectivity index (χ3v) is 2.00. The van der Waals surface area contributed by atoms with Gasteiger partial charge in [-0.05, 0) is 6.26 Å². The topological polar surface area (TPSA) is 43.4 Å². The fourth-order valence-electron chi connectivity index (χ4n) is 0.142. The highest BCUT2D eigenvalue weighted by Crippen LogP contribution is 1.98. The Morgan fingerprint density at radius 2 is 1.67 bits per heavy atom. The molecule has 3 nitrogen and oxygen atoms in total. The molecule has 0 saturated heterocycles. The van der Waals surface area contributed by atoms with Gasteiger partial charge in [0.05, 0.1) is 5.94 Å². The summed E-state index contributed by atoms with van der Waals surface area (Å²) in [5.74, 6) is 0.468. The zero-order valence-corrected chi connectivity index (χ0v) is 9.38. The van der Waals surface area contributed by atoms with Gasteiger partial charge in [-0.2, -0.15) is 0 Å². The molecular weight excluding hydrogens is 196 g/mol. The van der Waals surface area contributed by atoms with Crippen LogP contribution in [0.1, 0.15) is 13.8 Å². The van der Waals surface area contributed by atoms with Crippen LogP contribution in [0.3, 0.4) is 0 Å². The Bertz CT molecular complexity index is 137. The molecule has 0 aromatic carbocycles. The molecule has 0 aromatic heterocycles. The van der Waals surface area contributed by atoms with E-state index in [1.165, 1.54) is 30.4 Å². The van der Waals surface area contributed by atoms with Gasteiger partial charge in [0, 0.05) is 21.0 Å². The molecule has 0 bridgehead atoms. The SMILES string of the molecule is COCSC(C)=O.CSC(C)=O. The van der Waals surface area contributed by atoms with E-state index in [0.29, 0.717) is 5.94 Å². The van der Waals surface area contributed by atoms with E-state index in [9.17, 15) is 9.59 Å². The monoisotopic (exact) mass is 210 g/mol. The Morgan fingerprint density at radius 3 is 1.75 bits per heavy atom. The maximum atomic E-state index is 10.1. The predicted molar refractivity (Wildman–Crippen MR) is 54.3 cm³/mol. The van der Waals surface area contributed by atoms with E-state index in [1.54, 1.807) is 20.3 Å². The van der Waals surface area contributed by atoms with Crippen LogP contribution in [-0.4, -0.2) is 29.5 Å². The number of ether oxygens (including phenoxy) is 1. The molecule has 0 aliphatic heterocycles. The number of methoxy groups -OCH3 is 1. The zero-order valence-electron chi connectivity index (χ0n) is 7.75. The quantitative estimate of drug-likeness (QED) is 0.650. The first-order valence-electron chi connectivity index (χ1n) is 3.21. The number of hydrogen-bond acceptors (Lipinski definition) is 5. The first-order chi connectivity index (χ1) is 5.54. The Balaban J connectivity index is 0. The first kappa shape index (κ1) is 14.5. The standard InChI is InChI=1S/C4H8O2S.C3H6OS/c1-4(5)7-3-6-2;1-3(4)5-2/h3H2,1-2H3;1-2H3. The van der Waals surface area contributed by atoms with E-state index in [-0.39, 0.29) is 10.2 Å². The van der Waals surface area contributed by atoms with Gasteiger partial charge in [0.2, 0.25) is 0 Å². The van der Waals surface area contributed by atoms with Crippen LogP contribution in [0, 0.1) is 0 Å². The van der Waals surface area contributed by atoms with Crippen molar-refractivity contribution in [1.29, 1.82) is 0 Å². The molecule has 0 aliphatic rings. The van der Waals surface area contributed by atoms with Crippen molar-refractivity contribution in [2.75, 3.05) is 19.3 Å². The summed E-state index contributed by atoms with van der Waals surface area (Å²) in [6, 6.07) is 0. The van der Waals surface area contributed by atoms with Crippen LogP contribution in [0.4, 0.5) is 0 Å². The van der Waals surface area contributed by atoms with Gasteiger partial charge in [0.15, 0.2) is 10.2 Å². The van der Waals surface area contributed by atoms with Crippen molar-refractivity contribution in [3.63, 3.8) is 0 Å². The summed E-state index contributed by atoms with van der Waals surface area (Å²) >= 11 is 2.41. The van der Waals surface area contributed by atoms with Crippen molar-refractivity contribution in [2.45, 2.75) is 13.8 Å². The molecule has 0 amide bonds. The lowest BCUT2D eigenvalue weighted by Crippen LogP contribution is -1.86. The van der Waals surface area contributed by atoms with Crippen molar-refractivity contribution in [3.05, 3.63) is 0 Å². The van der Waals surface area contributed by atoms with E-state index >= 15 is 0 Å². The van der Waals surface area contributed by atoms with E-state index in [1.807, 2.05) is 0 Å².